The van der Waals surface area contributed by atoms with Crippen molar-refractivity contribution in [2.75, 3.05) is 19.7 Å². The molecule has 21 heavy (non-hydrogen) atoms. The van der Waals surface area contributed by atoms with Gasteiger partial charge in [0, 0.05) is 13.1 Å². The lowest BCUT2D eigenvalue weighted by Crippen LogP contribution is -2.53. The number of benzene rings is 1. The molecule has 1 aromatic carbocycles. The number of aliphatic hydroxyl groups excluding tert-OH is 1. The summed E-state index contributed by atoms with van der Waals surface area (Å²) >= 11 is 0. The number of nitrogens with one attached hydrogen (secondary N) is 1. The van der Waals surface area contributed by atoms with E-state index in [1.54, 1.807) is 6.92 Å². The van der Waals surface area contributed by atoms with Crippen LogP contribution >= 0.6 is 0 Å². The maximum Gasteiger partial charge on any atom is 0.280 e. The number of hydrogen-bond acceptors (Lipinski definition) is 3. The zero-order valence-electron chi connectivity index (χ0n) is 12.6. The van der Waals surface area contributed by atoms with E-state index in [4.69, 9.17) is 0 Å². The minimum atomic E-state index is -3.60. The fourth-order valence-corrected chi connectivity index (χ4v) is 4.14. The highest BCUT2D eigenvalue weighted by molar-refractivity contribution is 7.87. The van der Waals surface area contributed by atoms with Crippen molar-refractivity contribution in [1.29, 1.82) is 0 Å². The summed E-state index contributed by atoms with van der Waals surface area (Å²) in [5.41, 5.74) is -0.259. The first-order valence-corrected chi connectivity index (χ1v) is 8.77. The Labute approximate surface area is 127 Å². The largest absolute Gasteiger partial charge is 0.394 e. The number of piperidine rings is 1. The summed E-state index contributed by atoms with van der Waals surface area (Å²) in [5.74, 6) is 0.565. The standard InChI is InChI=1S/C15H24N2O3S/c1-13-8-10-17(11-9-13)21(19,20)16-15(2,12-18)14-6-4-3-5-7-14/h3-7,13,16,18H,8-12H2,1-2H3. The van der Waals surface area contributed by atoms with Gasteiger partial charge in [0.05, 0.1) is 12.1 Å². The number of hydrogen-bond donors (Lipinski definition) is 2. The molecule has 6 heteroatoms. The van der Waals surface area contributed by atoms with Crippen LogP contribution in [-0.2, 0) is 15.7 Å². The fourth-order valence-electron chi connectivity index (χ4n) is 2.56. The van der Waals surface area contributed by atoms with Crippen LogP contribution in [0.2, 0.25) is 0 Å². The van der Waals surface area contributed by atoms with E-state index in [1.807, 2.05) is 30.3 Å². The lowest BCUT2D eigenvalue weighted by atomic mass is 9.94. The molecular formula is C15H24N2O3S. The summed E-state index contributed by atoms with van der Waals surface area (Å²) in [6.45, 7) is 4.62. The van der Waals surface area contributed by atoms with Gasteiger partial charge in [0.25, 0.3) is 10.2 Å². The minimum absolute atomic E-state index is 0.291. The molecule has 0 spiro atoms. The van der Waals surface area contributed by atoms with Gasteiger partial charge in [-0.05, 0) is 31.2 Å². The Balaban J connectivity index is 2.17. The van der Waals surface area contributed by atoms with E-state index in [0.717, 1.165) is 18.4 Å². The van der Waals surface area contributed by atoms with Gasteiger partial charge in [0.15, 0.2) is 0 Å². The average Bonchev–Trinajstić information content (AvgIpc) is 2.48. The lowest BCUT2D eigenvalue weighted by Gasteiger charge is -2.35. The number of aliphatic hydroxyl groups is 1. The third kappa shape index (κ3) is 3.83. The Bertz CT molecular complexity index is 554. The fraction of sp³-hybridized carbons (Fsp3) is 0.600. The molecule has 1 aliphatic rings. The molecule has 1 fully saturated rings. The molecule has 118 valence electrons. The third-order valence-corrected chi connectivity index (χ3v) is 5.92. The summed E-state index contributed by atoms with van der Waals surface area (Å²) in [5, 5.41) is 9.70. The topological polar surface area (TPSA) is 69.6 Å². The third-order valence-electron chi connectivity index (χ3n) is 4.16. The maximum absolute atomic E-state index is 12.5. The summed E-state index contributed by atoms with van der Waals surface area (Å²) in [7, 11) is -3.60. The normalized spacial score (nSPS) is 21.1. The first kappa shape index (κ1) is 16.4. The molecule has 1 unspecified atom stereocenters. The Morgan fingerprint density at radius 1 is 1.29 bits per heavy atom. The van der Waals surface area contributed by atoms with Crippen molar-refractivity contribution in [2.24, 2.45) is 5.92 Å². The van der Waals surface area contributed by atoms with E-state index in [1.165, 1.54) is 4.31 Å². The molecule has 0 aliphatic carbocycles. The monoisotopic (exact) mass is 312 g/mol. The Kier molecular flexibility index (Phi) is 5.03. The summed E-state index contributed by atoms with van der Waals surface area (Å²) in [6, 6.07) is 9.16. The van der Waals surface area contributed by atoms with Crippen LogP contribution in [0.3, 0.4) is 0 Å². The maximum atomic E-state index is 12.5. The first-order chi connectivity index (χ1) is 9.87. The van der Waals surface area contributed by atoms with Gasteiger partial charge >= 0.3 is 0 Å². The molecular weight excluding hydrogens is 288 g/mol. The highest BCUT2D eigenvalue weighted by Crippen LogP contribution is 2.24. The summed E-state index contributed by atoms with van der Waals surface area (Å²) in [4.78, 5) is 0. The van der Waals surface area contributed by atoms with Crippen LogP contribution in [0.15, 0.2) is 30.3 Å². The number of rotatable bonds is 5. The van der Waals surface area contributed by atoms with Gasteiger partial charge in [-0.25, -0.2) is 0 Å². The zero-order chi connectivity index (χ0) is 15.5. The van der Waals surface area contributed by atoms with Crippen LogP contribution in [0, 0.1) is 5.92 Å². The second-order valence-corrected chi connectivity index (χ2v) is 7.72. The zero-order valence-corrected chi connectivity index (χ0v) is 13.4. The van der Waals surface area contributed by atoms with Crippen LogP contribution in [0.25, 0.3) is 0 Å². The van der Waals surface area contributed by atoms with Gasteiger partial charge in [0.2, 0.25) is 0 Å². The van der Waals surface area contributed by atoms with Gasteiger partial charge in [0.1, 0.15) is 0 Å². The first-order valence-electron chi connectivity index (χ1n) is 7.33. The molecule has 1 atom stereocenters. The SMILES string of the molecule is CC1CCN(S(=O)(=O)NC(C)(CO)c2ccccc2)CC1. The van der Waals surface area contributed by atoms with Gasteiger partial charge < -0.3 is 5.11 Å². The lowest BCUT2D eigenvalue weighted by molar-refractivity contribution is 0.190. The minimum Gasteiger partial charge on any atom is -0.394 e. The van der Waals surface area contributed by atoms with Crippen molar-refractivity contribution >= 4 is 10.2 Å². The van der Waals surface area contributed by atoms with Crippen molar-refractivity contribution in [2.45, 2.75) is 32.2 Å². The predicted molar refractivity (Wildman–Crippen MR) is 82.9 cm³/mol. The van der Waals surface area contributed by atoms with E-state index in [9.17, 15) is 13.5 Å². The predicted octanol–water partition coefficient (Wildman–Crippen LogP) is 1.46. The molecule has 2 N–H and O–H groups in total. The van der Waals surface area contributed by atoms with Crippen molar-refractivity contribution < 1.29 is 13.5 Å². The summed E-state index contributed by atoms with van der Waals surface area (Å²) < 4.78 is 29.2. The second-order valence-electron chi connectivity index (χ2n) is 6.04. The van der Waals surface area contributed by atoms with E-state index in [-0.39, 0.29) is 6.61 Å². The second kappa shape index (κ2) is 6.44. The van der Waals surface area contributed by atoms with E-state index < -0.39 is 15.7 Å². The molecule has 0 bridgehead atoms. The van der Waals surface area contributed by atoms with Crippen LogP contribution in [0.4, 0.5) is 0 Å². The molecule has 1 aromatic rings. The van der Waals surface area contributed by atoms with Crippen molar-refractivity contribution in [1.82, 2.24) is 9.03 Å². The highest BCUT2D eigenvalue weighted by atomic mass is 32.2. The van der Waals surface area contributed by atoms with Gasteiger partial charge in [-0.15, -0.1) is 0 Å². The van der Waals surface area contributed by atoms with Crippen molar-refractivity contribution in [3.05, 3.63) is 35.9 Å². The van der Waals surface area contributed by atoms with Gasteiger partial charge in [-0.3, -0.25) is 0 Å². The van der Waals surface area contributed by atoms with E-state index in [2.05, 4.69) is 11.6 Å². The molecule has 0 radical (unpaired) electrons. The van der Waals surface area contributed by atoms with E-state index >= 15 is 0 Å². The average molecular weight is 312 g/mol. The summed E-state index contributed by atoms with van der Waals surface area (Å²) in [6.07, 6.45) is 1.75. The molecule has 2 rings (SSSR count). The smallest absolute Gasteiger partial charge is 0.280 e. The molecule has 1 saturated heterocycles. The Hall–Kier alpha value is -0.950. The Morgan fingerprint density at radius 3 is 2.38 bits per heavy atom. The molecule has 0 amide bonds. The van der Waals surface area contributed by atoms with Crippen LogP contribution < -0.4 is 4.72 Å². The van der Waals surface area contributed by atoms with Crippen molar-refractivity contribution in [3.8, 4) is 0 Å². The van der Waals surface area contributed by atoms with Crippen LogP contribution in [0.1, 0.15) is 32.3 Å². The van der Waals surface area contributed by atoms with Crippen molar-refractivity contribution in [3.63, 3.8) is 0 Å². The molecule has 0 aromatic heterocycles. The Morgan fingerprint density at radius 2 is 1.86 bits per heavy atom. The van der Waals surface area contributed by atoms with Crippen LogP contribution in [-0.4, -0.2) is 37.5 Å². The van der Waals surface area contributed by atoms with Crippen LogP contribution in [0.5, 0.6) is 0 Å². The number of nitrogens with zero attached hydrogens (tertiary/aromatic N) is 1. The van der Waals surface area contributed by atoms with Gasteiger partial charge in [-0.2, -0.15) is 17.4 Å². The highest BCUT2D eigenvalue weighted by Gasteiger charge is 2.35. The molecule has 5 nitrogen and oxygen atoms in total. The molecule has 1 heterocycles. The van der Waals surface area contributed by atoms with Gasteiger partial charge in [-0.1, -0.05) is 37.3 Å². The molecule has 0 saturated carbocycles. The van der Waals surface area contributed by atoms with E-state index in [0.29, 0.717) is 19.0 Å². The quantitative estimate of drug-likeness (QED) is 0.865. The molecule has 1 aliphatic heterocycles.